The lowest BCUT2D eigenvalue weighted by molar-refractivity contribution is 0.0713. The number of aliphatic hydroxyl groups is 1. The highest BCUT2D eigenvalue weighted by molar-refractivity contribution is 5.94. The Hall–Kier alpha value is -2.20. The average molecular weight is 326 g/mol. The Morgan fingerprint density at radius 2 is 1.92 bits per heavy atom. The van der Waals surface area contributed by atoms with Crippen LogP contribution in [-0.4, -0.2) is 21.6 Å². The van der Waals surface area contributed by atoms with Crippen LogP contribution < -0.4 is 5.32 Å². The summed E-state index contributed by atoms with van der Waals surface area (Å²) in [5.74, 6) is -0.110. The molecule has 2 N–H and O–H groups in total. The second-order valence-electron chi connectivity index (χ2n) is 6.91. The zero-order valence-corrected chi connectivity index (χ0v) is 14.8. The van der Waals surface area contributed by atoms with Crippen molar-refractivity contribution in [1.29, 1.82) is 0 Å². The number of amides is 1. The Morgan fingerprint density at radius 1 is 1.25 bits per heavy atom. The van der Waals surface area contributed by atoms with E-state index in [2.05, 4.69) is 10.3 Å². The van der Waals surface area contributed by atoms with Gasteiger partial charge in [-0.3, -0.25) is 9.78 Å². The van der Waals surface area contributed by atoms with Crippen molar-refractivity contribution in [3.05, 3.63) is 65.0 Å². The first-order valence-corrected chi connectivity index (χ1v) is 8.30. The van der Waals surface area contributed by atoms with Gasteiger partial charge in [0.25, 0.3) is 5.91 Å². The van der Waals surface area contributed by atoms with Crippen LogP contribution in [0.4, 0.5) is 0 Å². The summed E-state index contributed by atoms with van der Waals surface area (Å²) in [5.41, 5.74) is 3.01. The molecule has 1 heterocycles. The van der Waals surface area contributed by atoms with Crippen LogP contribution in [0.25, 0.3) is 0 Å². The minimum atomic E-state index is -0.675. The first-order valence-electron chi connectivity index (χ1n) is 8.30. The van der Waals surface area contributed by atoms with Crippen molar-refractivity contribution in [3.63, 3.8) is 0 Å². The minimum Gasteiger partial charge on any atom is -0.390 e. The normalized spacial score (nSPS) is 12.7. The van der Waals surface area contributed by atoms with Crippen molar-refractivity contribution in [2.75, 3.05) is 0 Å². The van der Waals surface area contributed by atoms with Crippen LogP contribution in [0.3, 0.4) is 0 Å². The highest BCUT2D eigenvalue weighted by atomic mass is 16.3. The van der Waals surface area contributed by atoms with E-state index in [9.17, 15) is 9.90 Å². The van der Waals surface area contributed by atoms with E-state index >= 15 is 0 Å². The van der Waals surface area contributed by atoms with Crippen molar-refractivity contribution in [1.82, 2.24) is 10.3 Å². The molecule has 128 valence electrons. The second-order valence-corrected chi connectivity index (χ2v) is 6.91. The summed E-state index contributed by atoms with van der Waals surface area (Å²) in [6.45, 7) is 7.53. The van der Waals surface area contributed by atoms with Crippen molar-refractivity contribution in [3.8, 4) is 0 Å². The number of nitrogens with zero attached hydrogens (tertiary/aromatic N) is 1. The first kappa shape index (κ1) is 18.1. The lowest BCUT2D eigenvalue weighted by Crippen LogP contribution is -2.27. The van der Waals surface area contributed by atoms with Gasteiger partial charge in [0, 0.05) is 11.8 Å². The molecule has 0 bridgehead atoms. The van der Waals surface area contributed by atoms with Crippen molar-refractivity contribution in [2.45, 2.75) is 52.2 Å². The molecule has 1 aromatic heterocycles. The Kier molecular flexibility index (Phi) is 5.73. The predicted molar refractivity (Wildman–Crippen MR) is 95.9 cm³/mol. The van der Waals surface area contributed by atoms with Gasteiger partial charge < -0.3 is 10.4 Å². The van der Waals surface area contributed by atoms with Crippen molar-refractivity contribution in [2.24, 2.45) is 0 Å². The fourth-order valence-corrected chi connectivity index (χ4v) is 2.57. The predicted octanol–water partition coefficient (Wildman–Crippen LogP) is 3.58. The Bertz CT molecular complexity index is 688. The minimum absolute atomic E-state index is 0.110. The van der Waals surface area contributed by atoms with Crippen LogP contribution in [0.2, 0.25) is 0 Å². The van der Waals surface area contributed by atoms with E-state index in [1.54, 1.807) is 20.0 Å². The number of benzene rings is 1. The van der Waals surface area contributed by atoms with E-state index < -0.39 is 5.60 Å². The Morgan fingerprint density at radius 3 is 2.50 bits per heavy atom. The van der Waals surface area contributed by atoms with Gasteiger partial charge in [-0.25, -0.2) is 0 Å². The lowest BCUT2D eigenvalue weighted by atomic mass is 9.98. The molecule has 24 heavy (non-hydrogen) atoms. The fourth-order valence-electron chi connectivity index (χ4n) is 2.57. The molecule has 0 radical (unpaired) electrons. The molecule has 2 rings (SSSR count). The number of aromatic nitrogens is 1. The van der Waals surface area contributed by atoms with E-state index in [4.69, 9.17) is 0 Å². The first-order chi connectivity index (χ1) is 11.3. The van der Waals surface area contributed by atoms with Gasteiger partial charge in [-0.1, -0.05) is 18.2 Å². The van der Waals surface area contributed by atoms with Crippen LogP contribution in [0, 0.1) is 6.92 Å². The molecule has 0 spiro atoms. The number of carbonyl (C=O) groups is 1. The van der Waals surface area contributed by atoms with E-state index in [1.807, 2.05) is 50.2 Å². The van der Waals surface area contributed by atoms with Crippen molar-refractivity contribution < 1.29 is 9.90 Å². The summed E-state index contributed by atoms with van der Waals surface area (Å²) in [6, 6.07) is 11.3. The molecule has 0 unspecified atom stereocenters. The summed E-state index contributed by atoms with van der Waals surface area (Å²) >= 11 is 0. The van der Waals surface area contributed by atoms with Crippen molar-refractivity contribution >= 4 is 5.91 Å². The van der Waals surface area contributed by atoms with Gasteiger partial charge in [0.05, 0.1) is 17.3 Å². The molecule has 0 fully saturated rings. The van der Waals surface area contributed by atoms with Crippen LogP contribution in [-0.2, 0) is 6.42 Å². The van der Waals surface area contributed by atoms with E-state index in [0.717, 1.165) is 23.2 Å². The van der Waals surface area contributed by atoms with Crippen LogP contribution in [0.5, 0.6) is 0 Å². The number of carbonyl (C=O) groups excluding carboxylic acids is 1. The maximum Gasteiger partial charge on any atom is 0.251 e. The smallest absolute Gasteiger partial charge is 0.251 e. The number of nitrogens with one attached hydrogen (secondary N) is 1. The van der Waals surface area contributed by atoms with Crippen LogP contribution >= 0.6 is 0 Å². The van der Waals surface area contributed by atoms with Gasteiger partial charge in [-0.05, 0) is 69.9 Å². The Balaban J connectivity index is 1.99. The fraction of sp³-hybridized carbons (Fsp3) is 0.400. The standard InChI is InChI=1S/C20H26N2O2/c1-14-6-5-13-21-18(14)15(2)22-19(23)17-9-7-16(8-10-17)11-12-20(3,4)24/h5-10,13,15,24H,11-12H2,1-4H3,(H,22,23)/t15-/m0/s1. The molecule has 0 aliphatic rings. The molecule has 4 nitrogen and oxygen atoms in total. The number of rotatable bonds is 6. The largest absolute Gasteiger partial charge is 0.390 e. The number of hydrogen-bond acceptors (Lipinski definition) is 3. The van der Waals surface area contributed by atoms with E-state index in [1.165, 1.54) is 0 Å². The summed E-state index contributed by atoms with van der Waals surface area (Å²) in [7, 11) is 0. The van der Waals surface area contributed by atoms with Gasteiger partial charge >= 0.3 is 0 Å². The monoisotopic (exact) mass is 326 g/mol. The number of hydrogen-bond donors (Lipinski definition) is 2. The molecule has 1 atom stereocenters. The third-order valence-electron chi connectivity index (χ3n) is 4.05. The maximum absolute atomic E-state index is 12.4. The van der Waals surface area contributed by atoms with Gasteiger partial charge in [-0.15, -0.1) is 0 Å². The van der Waals surface area contributed by atoms with Gasteiger partial charge in [-0.2, -0.15) is 0 Å². The molecule has 0 aliphatic heterocycles. The van der Waals surface area contributed by atoms with E-state index in [0.29, 0.717) is 12.0 Å². The molecule has 0 saturated carbocycles. The molecule has 0 saturated heterocycles. The highest BCUT2D eigenvalue weighted by Crippen LogP contribution is 2.16. The summed E-state index contributed by atoms with van der Waals surface area (Å²) in [5, 5.41) is 12.8. The third-order valence-corrected chi connectivity index (χ3v) is 4.05. The number of pyridine rings is 1. The van der Waals surface area contributed by atoms with Crippen LogP contribution in [0.1, 0.15) is 60.4 Å². The van der Waals surface area contributed by atoms with Gasteiger partial charge in [0.15, 0.2) is 0 Å². The Labute approximate surface area is 143 Å². The second kappa shape index (κ2) is 7.58. The van der Waals surface area contributed by atoms with Gasteiger partial charge in [0.1, 0.15) is 0 Å². The summed E-state index contributed by atoms with van der Waals surface area (Å²) < 4.78 is 0. The maximum atomic E-state index is 12.4. The average Bonchev–Trinajstić information content (AvgIpc) is 2.53. The quantitative estimate of drug-likeness (QED) is 0.853. The zero-order valence-electron chi connectivity index (χ0n) is 14.8. The molecular weight excluding hydrogens is 300 g/mol. The third kappa shape index (κ3) is 5.17. The van der Waals surface area contributed by atoms with E-state index in [-0.39, 0.29) is 11.9 Å². The topological polar surface area (TPSA) is 62.2 Å². The SMILES string of the molecule is Cc1cccnc1[C@H](C)NC(=O)c1ccc(CCC(C)(C)O)cc1. The molecular formula is C20H26N2O2. The molecule has 0 aliphatic carbocycles. The summed E-state index contributed by atoms with van der Waals surface area (Å²) in [6.07, 6.45) is 3.21. The van der Waals surface area contributed by atoms with Crippen LogP contribution in [0.15, 0.2) is 42.6 Å². The zero-order chi connectivity index (χ0) is 17.7. The van der Waals surface area contributed by atoms with Gasteiger partial charge in [0.2, 0.25) is 0 Å². The number of aryl methyl sites for hydroxylation is 2. The molecule has 2 aromatic rings. The molecule has 4 heteroatoms. The summed E-state index contributed by atoms with van der Waals surface area (Å²) in [4.78, 5) is 16.7. The lowest BCUT2D eigenvalue weighted by Gasteiger charge is -2.17. The molecule has 1 aromatic carbocycles. The molecule has 1 amide bonds. The highest BCUT2D eigenvalue weighted by Gasteiger charge is 2.15.